The lowest BCUT2D eigenvalue weighted by molar-refractivity contribution is -0.137. The summed E-state index contributed by atoms with van der Waals surface area (Å²) in [5, 5.41) is 25.7. The predicted octanol–water partition coefficient (Wildman–Crippen LogP) is 4.08. The number of hydrogen-bond donors (Lipinski definition) is 2. The Morgan fingerprint density at radius 2 is 2.17 bits per heavy atom. The van der Waals surface area contributed by atoms with Gasteiger partial charge in [-0.1, -0.05) is 13.0 Å². The van der Waals surface area contributed by atoms with Gasteiger partial charge < -0.3 is 15.2 Å². The molecule has 1 fully saturated rings. The minimum absolute atomic E-state index is 0.0472. The smallest absolute Gasteiger partial charge is 0.303 e. The van der Waals surface area contributed by atoms with Crippen molar-refractivity contribution >= 4 is 17.6 Å². The molecular weight excluding hydrogens is 444 g/mol. The Balaban J connectivity index is 1.42. The van der Waals surface area contributed by atoms with Gasteiger partial charge in [-0.3, -0.25) is 9.59 Å². The minimum atomic E-state index is -0.856. The number of nitriles is 1. The Bertz CT molecular complexity index is 1330. The number of rotatable bonds is 7. The number of carboxylic acids is 1. The molecule has 1 aliphatic carbocycles. The molecule has 8 nitrogen and oxygen atoms in total. The molecule has 3 aromatic rings. The van der Waals surface area contributed by atoms with E-state index in [1.165, 1.54) is 0 Å². The fraction of sp³-hybridized carbons (Fsp3) is 0.333. The summed E-state index contributed by atoms with van der Waals surface area (Å²) in [5.74, 6) is -0.270. The predicted molar refractivity (Wildman–Crippen MR) is 128 cm³/mol. The van der Waals surface area contributed by atoms with Gasteiger partial charge in [-0.15, -0.1) is 0 Å². The zero-order chi connectivity index (χ0) is 24.6. The van der Waals surface area contributed by atoms with Crippen molar-refractivity contribution in [2.75, 3.05) is 11.9 Å². The van der Waals surface area contributed by atoms with Gasteiger partial charge in [0.2, 0.25) is 5.91 Å². The van der Waals surface area contributed by atoms with Crippen molar-refractivity contribution in [3.8, 4) is 17.5 Å². The van der Waals surface area contributed by atoms with Gasteiger partial charge in [0.1, 0.15) is 5.75 Å². The average molecular weight is 471 g/mol. The van der Waals surface area contributed by atoms with Crippen LogP contribution in [0.2, 0.25) is 0 Å². The number of aliphatic carboxylic acids is 1. The molecule has 1 aromatic heterocycles. The maximum absolute atomic E-state index is 13.6. The first-order chi connectivity index (χ1) is 16.9. The maximum atomic E-state index is 13.6. The van der Waals surface area contributed by atoms with Gasteiger partial charge in [0.25, 0.3) is 0 Å². The van der Waals surface area contributed by atoms with Crippen LogP contribution in [0.15, 0.2) is 54.9 Å². The number of carbonyl (C=O) groups is 2. The first kappa shape index (κ1) is 22.7. The van der Waals surface area contributed by atoms with E-state index in [1.807, 2.05) is 24.4 Å². The number of nitrogens with one attached hydrogen (secondary N) is 1. The van der Waals surface area contributed by atoms with Gasteiger partial charge in [-0.05, 0) is 67.1 Å². The largest absolute Gasteiger partial charge is 0.493 e. The topological polar surface area (TPSA) is 117 Å². The second-order valence-electron chi connectivity index (χ2n) is 9.26. The summed E-state index contributed by atoms with van der Waals surface area (Å²) < 4.78 is 7.73. The summed E-state index contributed by atoms with van der Waals surface area (Å²) in [7, 11) is 0. The molecule has 8 heteroatoms. The third-order valence-electron chi connectivity index (χ3n) is 7.38. The molecule has 2 aromatic carbocycles. The monoisotopic (exact) mass is 470 g/mol. The van der Waals surface area contributed by atoms with Crippen molar-refractivity contribution in [2.45, 2.75) is 38.0 Å². The normalized spacial score (nSPS) is 22.1. The van der Waals surface area contributed by atoms with E-state index in [4.69, 9.17) is 9.84 Å². The van der Waals surface area contributed by atoms with E-state index in [0.29, 0.717) is 30.7 Å². The van der Waals surface area contributed by atoms with Crippen LogP contribution < -0.4 is 10.1 Å². The highest BCUT2D eigenvalue weighted by molar-refractivity contribution is 5.97. The Hall–Kier alpha value is -4.12. The highest BCUT2D eigenvalue weighted by atomic mass is 16.5. The van der Waals surface area contributed by atoms with Gasteiger partial charge in [-0.2, -0.15) is 10.4 Å². The molecule has 1 amide bonds. The van der Waals surface area contributed by atoms with Crippen molar-refractivity contribution in [3.05, 3.63) is 71.5 Å². The molecule has 1 saturated carbocycles. The highest BCUT2D eigenvalue weighted by Crippen LogP contribution is 2.65. The number of fused-ring (bicyclic) bond motifs is 2. The van der Waals surface area contributed by atoms with E-state index < -0.39 is 5.97 Å². The third-order valence-corrected chi connectivity index (χ3v) is 7.38. The van der Waals surface area contributed by atoms with Crippen LogP contribution in [0.1, 0.15) is 42.9 Å². The molecule has 35 heavy (non-hydrogen) atoms. The number of aromatic nitrogens is 2. The van der Waals surface area contributed by atoms with E-state index in [9.17, 15) is 14.9 Å². The lowest BCUT2D eigenvalue weighted by Gasteiger charge is -2.28. The van der Waals surface area contributed by atoms with Crippen LogP contribution in [0.5, 0.6) is 5.75 Å². The first-order valence-corrected chi connectivity index (χ1v) is 11.8. The van der Waals surface area contributed by atoms with Gasteiger partial charge in [-0.25, -0.2) is 4.68 Å². The van der Waals surface area contributed by atoms with Crippen LogP contribution in [0.4, 0.5) is 5.69 Å². The van der Waals surface area contributed by atoms with Crippen LogP contribution >= 0.6 is 0 Å². The number of carbonyl (C=O) groups excluding carboxylic acids is 1. The second-order valence-corrected chi connectivity index (χ2v) is 9.26. The molecule has 2 aliphatic rings. The highest BCUT2D eigenvalue weighted by Gasteiger charge is 2.67. The second kappa shape index (κ2) is 8.91. The summed E-state index contributed by atoms with van der Waals surface area (Å²) in [5.41, 5.74) is 3.47. The lowest BCUT2D eigenvalue weighted by Crippen LogP contribution is -2.27. The molecule has 5 rings (SSSR count). The van der Waals surface area contributed by atoms with Gasteiger partial charge in [0, 0.05) is 35.5 Å². The summed E-state index contributed by atoms with van der Waals surface area (Å²) in [6, 6.07) is 15.1. The van der Waals surface area contributed by atoms with E-state index in [2.05, 4.69) is 29.5 Å². The number of carboxylic acid groups (broad SMARTS) is 1. The number of anilines is 1. The Morgan fingerprint density at radius 3 is 2.91 bits per heavy atom. The minimum Gasteiger partial charge on any atom is -0.493 e. The van der Waals surface area contributed by atoms with Crippen molar-refractivity contribution in [2.24, 2.45) is 11.8 Å². The van der Waals surface area contributed by atoms with Gasteiger partial charge in [0.15, 0.2) is 0 Å². The molecule has 2 unspecified atom stereocenters. The molecule has 0 saturated heterocycles. The zero-order valence-corrected chi connectivity index (χ0v) is 19.4. The van der Waals surface area contributed by atoms with E-state index in [-0.39, 0.29) is 29.6 Å². The quantitative estimate of drug-likeness (QED) is 0.537. The Kier molecular flexibility index (Phi) is 5.77. The number of benzene rings is 2. The fourth-order valence-electron chi connectivity index (χ4n) is 5.54. The van der Waals surface area contributed by atoms with E-state index in [0.717, 1.165) is 29.0 Å². The number of aryl methyl sites for hydroxylation is 1. The van der Waals surface area contributed by atoms with Gasteiger partial charge in [0.05, 0.1) is 29.8 Å². The standard InChI is InChI=1S/C27H26N4O4/c1-17-25(26(34)30-22-14-18(16-28)6-7-19(22)4-2-5-24(32)33)27(17)10-13-35-23-9-8-20(15-21(23)27)31-12-3-11-29-31/h3,6-9,11-12,14-15,17,25H,2,4-5,10,13H2,1H3,(H,30,34)(H,32,33)/t17?,25?,27-/m0/s1. The van der Waals surface area contributed by atoms with Crippen molar-refractivity contribution in [3.63, 3.8) is 0 Å². The summed E-state index contributed by atoms with van der Waals surface area (Å²) in [4.78, 5) is 24.5. The molecule has 0 bridgehead atoms. The molecule has 1 spiro atoms. The van der Waals surface area contributed by atoms with Crippen molar-refractivity contribution in [1.82, 2.24) is 9.78 Å². The number of ether oxygens (including phenoxy) is 1. The summed E-state index contributed by atoms with van der Waals surface area (Å²) >= 11 is 0. The van der Waals surface area contributed by atoms with Crippen LogP contribution in [-0.2, 0) is 21.4 Å². The molecule has 178 valence electrons. The number of amides is 1. The molecule has 3 atom stereocenters. The number of hydrogen-bond acceptors (Lipinski definition) is 5. The molecule has 2 N–H and O–H groups in total. The summed E-state index contributed by atoms with van der Waals surface area (Å²) in [6.45, 7) is 2.64. The Morgan fingerprint density at radius 1 is 1.31 bits per heavy atom. The van der Waals surface area contributed by atoms with Crippen LogP contribution in [0, 0.1) is 23.2 Å². The average Bonchev–Trinajstić information content (AvgIpc) is 3.18. The van der Waals surface area contributed by atoms with Crippen molar-refractivity contribution < 1.29 is 19.4 Å². The maximum Gasteiger partial charge on any atom is 0.303 e. The number of nitrogens with zero attached hydrogens (tertiary/aromatic N) is 3. The summed E-state index contributed by atoms with van der Waals surface area (Å²) in [6.07, 6.45) is 5.35. The van der Waals surface area contributed by atoms with Crippen LogP contribution in [0.3, 0.4) is 0 Å². The van der Waals surface area contributed by atoms with E-state index >= 15 is 0 Å². The van der Waals surface area contributed by atoms with E-state index in [1.54, 1.807) is 29.1 Å². The van der Waals surface area contributed by atoms with Crippen LogP contribution in [0.25, 0.3) is 5.69 Å². The zero-order valence-electron chi connectivity index (χ0n) is 19.4. The first-order valence-electron chi connectivity index (χ1n) is 11.8. The lowest BCUT2D eigenvalue weighted by atomic mass is 9.85. The van der Waals surface area contributed by atoms with Gasteiger partial charge >= 0.3 is 5.97 Å². The molecule has 2 heterocycles. The van der Waals surface area contributed by atoms with Crippen LogP contribution in [-0.4, -0.2) is 33.4 Å². The van der Waals surface area contributed by atoms with Crippen molar-refractivity contribution in [1.29, 1.82) is 5.26 Å². The molecule has 0 radical (unpaired) electrons. The third kappa shape index (κ3) is 4.03. The molecular formula is C27H26N4O4. The Labute approximate surface area is 203 Å². The SMILES string of the molecule is CC1C(C(=O)Nc2cc(C#N)ccc2CCCC(=O)O)[C@@]12CCOc1ccc(-n3cccn3)cc12. The fourth-order valence-corrected chi connectivity index (χ4v) is 5.54. The molecule has 1 aliphatic heterocycles.